The summed E-state index contributed by atoms with van der Waals surface area (Å²) in [5.74, 6) is 0.586. The van der Waals surface area contributed by atoms with Crippen LogP contribution in [0.5, 0.6) is 0 Å². The van der Waals surface area contributed by atoms with E-state index in [2.05, 4.69) is 32.7 Å². The predicted octanol–water partition coefficient (Wildman–Crippen LogP) is 6.87. The molecule has 5 nitrogen and oxygen atoms in total. The number of anilines is 2. The number of halogens is 1. The van der Waals surface area contributed by atoms with Gasteiger partial charge in [-0.1, -0.05) is 41.9 Å². The fraction of sp³-hybridized carbons (Fsp3) is 0.0952. The second-order valence-corrected chi connectivity index (χ2v) is 6.46. The Morgan fingerprint density at radius 1 is 1.00 bits per heavy atom. The Hall–Kier alpha value is -3.18. The zero-order chi connectivity index (χ0) is 18.6. The number of nitrogens with zero attached hydrogens (tertiary/aromatic N) is 4. The fourth-order valence-electron chi connectivity index (χ4n) is 2.90. The molecule has 0 saturated carbocycles. The Morgan fingerprint density at radius 2 is 1.81 bits per heavy atom. The summed E-state index contributed by atoms with van der Waals surface area (Å²) in [6, 6.07) is 19.8. The number of aromatic nitrogens is 2. The Balaban J connectivity index is 1.78. The first-order valence-electron chi connectivity index (χ1n) is 8.72. The number of imidazole rings is 1. The highest BCUT2D eigenvalue weighted by molar-refractivity contribution is 6.30. The van der Waals surface area contributed by atoms with Gasteiger partial charge in [-0.15, -0.1) is 10.2 Å². The van der Waals surface area contributed by atoms with Gasteiger partial charge in [0.1, 0.15) is 5.69 Å². The molecule has 0 spiro atoms. The van der Waals surface area contributed by atoms with Crippen LogP contribution in [0.25, 0.3) is 10.8 Å². The lowest BCUT2D eigenvalue weighted by molar-refractivity contribution is 0.758. The lowest BCUT2D eigenvalue weighted by Gasteiger charge is -2.12. The van der Waals surface area contributed by atoms with E-state index in [1.54, 1.807) is 6.20 Å². The highest BCUT2D eigenvalue weighted by atomic mass is 35.5. The number of fused-ring (bicyclic) bond motifs is 1. The highest BCUT2D eigenvalue weighted by Gasteiger charge is 2.09. The molecule has 134 valence electrons. The van der Waals surface area contributed by atoms with Gasteiger partial charge in [0.2, 0.25) is 5.95 Å². The molecule has 4 aromatic rings. The first kappa shape index (κ1) is 17.2. The average molecular weight is 376 g/mol. The van der Waals surface area contributed by atoms with Crippen molar-refractivity contribution in [2.24, 2.45) is 10.2 Å². The Kier molecular flexibility index (Phi) is 4.85. The van der Waals surface area contributed by atoms with Gasteiger partial charge in [-0.05, 0) is 42.6 Å². The summed E-state index contributed by atoms with van der Waals surface area (Å²) in [6.45, 7) is 2.84. The minimum Gasteiger partial charge on any atom is -0.353 e. The molecule has 0 radical (unpaired) electrons. The molecule has 0 aliphatic rings. The van der Waals surface area contributed by atoms with Crippen molar-refractivity contribution in [3.05, 3.63) is 78.1 Å². The lowest BCUT2D eigenvalue weighted by atomic mass is 10.1. The molecule has 0 unspecified atom stereocenters. The van der Waals surface area contributed by atoms with E-state index < -0.39 is 0 Å². The van der Waals surface area contributed by atoms with Crippen LogP contribution in [-0.2, 0) is 6.54 Å². The molecule has 1 aromatic heterocycles. The first-order valence-corrected chi connectivity index (χ1v) is 9.09. The zero-order valence-corrected chi connectivity index (χ0v) is 15.6. The molecule has 27 heavy (non-hydrogen) atoms. The second kappa shape index (κ2) is 7.60. The van der Waals surface area contributed by atoms with Crippen molar-refractivity contribution in [3.63, 3.8) is 0 Å². The van der Waals surface area contributed by atoms with Crippen LogP contribution in [0.4, 0.5) is 23.0 Å². The molecule has 0 saturated heterocycles. The summed E-state index contributed by atoms with van der Waals surface area (Å²) in [6.07, 6.45) is 3.62. The molecule has 1 heterocycles. The van der Waals surface area contributed by atoms with Gasteiger partial charge in [0.05, 0.1) is 5.69 Å². The zero-order valence-electron chi connectivity index (χ0n) is 14.8. The molecule has 3 aromatic carbocycles. The smallest absolute Gasteiger partial charge is 0.249 e. The summed E-state index contributed by atoms with van der Waals surface area (Å²) in [5.41, 5.74) is 2.57. The first-order chi connectivity index (χ1) is 13.2. The highest BCUT2D eigenvalue weighted by Crippen LogP contribution is 2.36. The van der Waals surface area contributed by atoms with Crippen LogP contribution in [0.3, 0.4) is 0 Å². The van der Waals surface area contributed by atoms with Crippen LogP contribution < -0.4 is 5.32 Å². The largest absolute Gasteiger partial charge is 0.353 e. The van der Waals surface area contributed by atoms with Crippen LogP contribution in [0.1, 0.15) is 6.92 Å². The maximum absolute atomic E-state index is 6.01. The molecule has 0 atom stereocenters. The quantitative estimate of drug-likeness (QED) is 0.387. The van der Waals surface area contributed by atoms with E-state index in [-0.39, 0.29) is 0 Å². The van der Waals surface area contributed by atoms with Gasteiger partial charge in [-0.2, -0.15) is 0 Å². The van der Waals surface area contributed by atoms with Gasteiger partial charge in [0, 0.05) is 35.0 Å². The van der Waals surface area contributed by atoms with Crippen molar-refractivity contribution in [1.29, 1.82) is 0 Å². The lowest BCUT2D eigenvalue weighted by Crippen LogP contribution is -1.92. The molecule has 4 rings (SSSR count). The number of nitrogens with one attached hydrogen (secondary N) is 1. The van der Waals surface area contributed by atoms with E-state index in [9.17, 15) is 0 Å². The maximum atomic E-state index is 6.01. The van der Waals surface area contributed by atoms with Gasteiger partial charge in [-0.25, -0.2) is 4.98 Å². The third-order valence-electron chi connectivity index (χ3n) is 4.30. The number of azo groups is 1. The standard InChI is InChI=1S/C21H18ClN5/c1-2-27-14-13-23-21(27)26-25-19-12-7-15-5-3-4-6-18(15)20(19)24-17-10-8-16(22)9-11-17/h3-14,24H,2H2,1H3. The van der Waals surface area contributed by atoms with Crippen molar-refractivity contribution >= 4 is 45.4 Å². The van der Waals surface area contributed by atoms with Crippen molar-refractivity contribution in [2.75, 3.05) is 5.32 Å². The van der Waals surface area contributed by atoms with Crippen LogP contribution in [0.15, 0.2) is 83.3 Å². The average Bonchev–Trinajstić information content (AvgIpc) is 3.16. The van der Waals surface area contributed by atoms with E-state index in [1.807, 2.05) is 66.2 Å². The molecule has 0 aliphatic heterocycles. The summed E-state index contributed by atoms with van der Waals surface area (Å²) in [7, 11) is 0. The fourth-order valence-corrected chi connectivity index (χ4v) is 3.03. The van der Waals surface area contributed by atoms with Crippen LogP contribution in [0, 0.1) is 0 Å². The van der Waals surface area contributed by atoms with Crippen molar-refractivity contribution in [1.82, 2.24) is 9.55 Å². The van der Waals surface area contributed by atoms with Crippen molar-refractivity contribution in [2.45, 2.75) is 13.5 Å². The third kappa shape index (κ3) is 3.68. The van der Waals surface area contributed by atoms with E-state index in [0.29, 0.717) is 11.0 Å². The topological polar surface area (TPSA) is 54.6 Å². The van der Waals surface area contributed by atoms with Crippen LogP contribution in [-0.4, -0.2) is 9.55 Å². The van der Waals surface area contributed by atoms with E-state index in [0.717, 1.165) is 34.4 Å². The van der Waals surface area contributed by atoms with Crippen LogP contribution >= 0.6 is 11.6 Å². The number of benzene rings is 3. The monoisotopic (exact) mass is 375 g/mol. The SMILES string of the molecule is CCn1ccnc1N=Nc1ccc2ccccc2c1Nc1ccc(Cl)cc1. The normalized spacial score (nSPS) is 11.3. The Morgan fingerprint density at radius 3 is 2.63 bits per heavy atom. The Bertz CT molecular complexity index is 1100. The van der Waals surface area contributed by atoms with E-state index >= 15 is 0 Å². The maximum Gasteiger partial charge on any atom is 0.249 e. The second-order valence-electron chi connectivity index (χ2n) is 6.03. The van der Waals surface area contributed by atoms with Crippen molar-refractivity contribution in [3.8, 4) is 0 Å². The molecule has 0 amide bonds. The molecule has 0 fully saturated rings. The summed E-state index contributed by atoms with van der Waals surface area (Å²) < 4.78 is 1.94. The molecule has 0 aliphatic carbocycles. The summed E-state index contributed by atoms with van der Waals surface area (Å²) >= 11 is 6.01. The van der Waals surface area contributed by atoms with E-state index in [4.69, 9.17) is 11.6 Å². The summed E-state index contributed by atoms with van der Waals surface area (Å²) in [4.78, 5) is 4.26. The minimum absolute atomic E-state index is 0.586. The predicted molar refractivity (Wildman–Crippen MR) is 111 cm³/mol. The number of hydrogen-bond donors (Lipinski definition) is 1. The van der Waals surface area contributed by atoms with Gasteiger partial charge < -0.3 is 9.88 Å². The van der Waals surface area contributed by atoms with Crippen molar-refractivity contribution < 1.29 is 0 Å². The van der Waals surface area contributed by atoms with Gasteiger partial charge in [0.15, 0.2) is 0 Å². The molecular weight excluding hydrogens is 358 g/mol. The minimum atomic E-state index is 0.586. The molecule has 0 bridgehead atoms. The number of aryl methyl sites for hydroxylation is 1. The molecule has 6 heteroatoms. The van der Waals surface area contributed by atoms with Gasteiger partial charge in [0.25, 0.3) is 0 Å². The van der Waals surface area contributed by atoms with Gasteiger partial charge >= 0.3 is 0 Å². The van der Waals surface area contributed by atoms with Gasteiger partial charge in [-0.3, -0.25) is 0 Å². The Labute approximate surface area is 162 Å². The number of rotatable bonds is 5. The third-order valence-corrected chi connectivity index (χ3v) is 4.55. The molecular formula is C21H18ClN5. The number of hydrogen-bond acceptors (Lipinski definition) is 4. The molecule has 1 N–H and O–H groups in total. The van der Waals surface area contributed by atoms with Crippen LogP contribution in [0.2, 0.25) is 5.02 Å². The van der Waals surface area contributed by atoms with E-state index in [1.165, 1.54) is 0 Å². The summed E-state index contributed by atoms with van der Waals surface area (Å²) in [5, 5.41) is 15.2.